The molecule has 0 radical (unpaired) electrons. The Bertz CT molecular complexity index is 1380. The summed E-state index contributed by atoms with van der Waals surface area (Å²) in [5, 5.41) is 22.9. The lowest BCUT2D eigenvalue weighted by atomic mass is 10.2. The molecule has 11 heteroatoms. The van der Waals surface area contributed by atoms with Gasteiger partial charge in [0, 0.05) is 19.2 Å². The highest BCUT2D eigenvalue weighted by Crippen LogP contribution is 2.24. The monoisotopic (exact) mass is 424 g/mol. The molecule has 0 unspecified atom stereocenters. The van der Waals surface area contributed by atoms with E-state index in [-0.39, 0.29) is 22.9 Å². The maximum atomic E-state index is 12.5. The number of hydrogen-bond donors (Lipinski definition) is 1. The van der Waals surface area contributed by atoms with Gasteiger partial charge >= 0.3 is 0 Å². The second-order valence-electron chi connectivity index (χ2n) is 6.59. The molecule has 30 heavy (non-hydrogen) atoms. The minimum atomic E-state index is -0.512. The van der Waals surface area contributed by atoms with E-state index in [1.165, 1.54) is 16.7 Å². The molecule has 1 amide bonds. The summed E-state index contributed by atoms with van der Waals surface area (Å²) < 4.78 is 3.14. The van der Waals surface area contributed by atoms with E-state index < -0.39 is 4.92 Å². The lowest BCUT2D eigenvalue weighted by Crippen LogP contribution is -2.20. The number of nitro benzene ring substituents is 1. The third-order valence-corrected chi connectivity index (χ3v) is 5.56. The zero-order chi connectivity index (χ0) is 21.4. The van der Waals surface area contributed by atoms with Gasteiger partial charge in [0.15, 0.2) is 5.16 Å². The molecule has 0 saturated carbocycles. The number of nitro groups is 1. The second kappa shape index (κ2) is 7.59. The molecule has 4 aromatic rings. The molecule has 4 rings (SSSR count). The third kappa shape index (κ3) is 3.39. The van der Waals surface area contributed by atoms with Gasteiger partial charge in [0.05, 0.1) is 27.3 Å². The van der Waals surface area contributed by atoms with Crippen molar-refractivity contribution in [3.05, 3.63) is 68.5 Å². The van der Waals surface area contributed by atoms with E-state index in [0.29, 0.717) is 33.1 Å². The largest absolute Gasteiger partial charge is 0.325 e. The summed E-state index contributed by atoms with van der Waals surface area (Å²) in [5.41, 5.74) is 1.47. The number of aryl methyl sites for hydroxylation is 2. The normalized spacial score (nSPS) is 11.1. The molecule has 0 aliphatic carbocycles. The Morgan fingerprint density at radius 3 is 2.77 bits per heavy atom. The number of hydrogen-bond acceptors (Lipinski definition) is 7. The minimum absolute atomic E-state index is 0.0140. The Balaban J connectivity index is 1.60. The van der Waals surface area contributed by atoms with E-state index in [0.717, 1.165) is 11.8 Å². The SMILES string of the molecule is Cc1ccc([N+](=O)[O-])cc1NC(=O)CSc1nnc2n(C)c(=O)c3ccccc3n12. The standard InChI is InChI=1S/C19H16N6O4S/c1-11-7-8-12(25(28)29)9-14(11)20-16(26)10-30-19-22-21-18-23(2)17(27)13-5-3-4-6-15(13)24(18)19/h3-9H,10H2,1-2H3,(H,20,26). The van der Waals surface area contributed by atoms with Crippen molar-refractivity contribution in [2.24, 2.45) is 7.05 Å². The summed E-state index contributed by atoms with van der Waals surface area (Å²) in [4.78, 5) is 35.4. The molecule has 0 atom stereocenters. The molecular formula is C19H16N6O4S. The highest BCUT2D eigenvalue weighted by molar-refractivity contribution is 7.99. The average molecular weight is 424 g/mol. The van der Waals surface area contributed by atoms with E-state index >= 15 is 0 Å². The van der Waals surface area contributed by atoms with Crippen molar-refractivity contribution in [2.75, 3.05) is 11.1 Å². The number of thioether (sulfide) groups is 1. The minimum Gasteiger partial charge on any atom is -0.325 e. The quantitative estimate of drug-likeness (QED) is 0.296. The van der Waals surface area contributed by atoms with Crippen LogP contribution in [0.4, 0.5) is 11.4 Å². The maximum Gasteiger partial charge on any atom is 0.271 e. The van der Waals surface area contributed by atoms with E-state index in [1.807, 2.05) is 6.07 Å². The molecule has 0 fully saturated rings. The first-order valence-corrected chi connectivity index (χ1v) is 9.86. The van der Waals surface area contributed by atoms with Gasteiger partial charge in [-0.25, -0.2) is 0 Å². The van der Waals surface area contributed by atoms with Crippen LogP contribution in [-0.4, -0.2) is 35.7 Å². The zero-order valence-electron chi connectivity index (χ0n) is 16.0. The van der Waals surface area contributed by atoms with Gasteiger partial charge in [-0.2, -0.15) is 0 Å². The number of fused-ring (bicyclic) bond motifs is 3. The Hall–Kier alpha value is -3.73. The van der Waals surface area contributed by atoms with Gasteiger partial charge in [0.1, 0.15) is 0 Å². The van der Waals surface area contributed by atoms with Crippen LogP contribution in [0.25, 0.3) is 16.7 Å². The van der Waals surface area contributed by atoms with Crippen molar-refractivity contribution in [3.8, 4) is 0 Å². The summed E-state index contributed by atoms with van der Waals surface area (Å²) >= 11 is 1.16. The fourth-order valence-electron chi connectivity index (χ4n) is 3.08. The fourth-order valence-corrected chi connectivity index (χ4v) is 3.82. The topological polar surface area (TPSA) is 124 Å². The van der Waals surface area contributed by atoms with E-state index in [4.69, 9.17) is 0 Å². The van der Waals surface area contributed by atoms with Crippen LogP contribution in [0.3, 0.4) is 0 Å². The van der Waals surface area contributed by atoms with E-state index in [1.54, 1.807) is 42.6 Å². The number of carbonyl (C=O) groups excluding carboxylic acids is 1. The molecule has 2 heterocycles. The lowest BCUT2D eigenvalue weighted by Gasteiger charge is -2.09. The molecule has 10 nitrogen and oxygen atoms in total. The van der Waals surface area contributed by atoms with Crippen LogP contribution in [0.1, 0.15) is 5.56 Å². The van der Waals surface area contributed by atoms with Gasteiger partial charge in [-0.15, -0.1) is 10.2 Å². The number of carbonyl (C=O) groups is 1. The first-order valence-electron chi connectivity index (χ1n) is 8.87. The van der Waals surface area contributed by atoms with E-state index in [2.05, 4.69) is 15.5 Å². The summed E-state index contributed by atoms with van der Waals surface area (Å²) in [5.74, 6) is 0.0470. The van der Waals surface area contributed by atoms with Crippen molar-refractivity contribution >= 4 is 45.7 Å². The van der Waals surface area contributed by atoms with Crippen molar-refractivity contribution < 1.29 is 9.72 Å². The number of amides is 1. The van der Waals surface area contributed by atoms with Crippen molar-refractivity contribution in [3.63, 3.8) is 0 Å². The molecular weight excluding hydrogens is 408 g/mol. The number of nitrogens with one attached hydrogen (secondary N) is 1. The van der Waals surface area contributed by atoms with Gasteiger partial charge in [-0.3, -0.25) is 28.7 Å². The van der Waals surface area contributed by atoms with Crippen molar-refractivity contribution in [2.45, 2.75) is 12.1 Å². The molecule has 152 valence electrons. The first-order chi connectivity index (χ1) is 14.4. The van der Waals surface area contributed by atoms with Gasteiger partial charge in [0.2, 0.25) is 11.7 Å². The van der Waals surface area contributed by atoms with Crippen LogP contribution in [0.5, 0.6) is 0 Å². The molecule has 0 aliphatic heterocycles. The Labute approximate surface area is 173 Å². The summed E-state index contributed by atoms with van der Waals surface area (Å²) in [7, 11) is 1.62. The van der Waals surface area contributed by atoms with Gasteiger partial charge in [-0.05, 0) is 24.6 Å². The predicted molar refractivity (Wildman–Crippen MR) is 113 cm³/mol. The van der Waals surface area contributed by atoms with Gasteiger partial charge in [-0.1, -0.05) is 30.0 Å². The van der Waals surface area contributed by atoms with Gasteiger partial charge in [0.25, 0.3) is 11.2 Å². The molecule has 2 aromatic heterocycles. The van der Waals surface area contributed by atoms with Crippen LogP contribution >= 0.6 is 11.8 Å². The van der Waals surface area contributed by atoms with Crippen LogP contribution in [0, 0.1) is 17.0 Å². The van der Waals surface area contributed by atoms with Crippen molar-refractivity contribution in [1.29, 1.82) is 0 Å². The molecule has 0 spiro atoms. The summed E-state index contributed by atoms with van der Waals surface area (Å²) in [6, 6.07) is 11.4. The fraction of sp³-hybridized carbons (Fsp3) is 0.158. The maximum absolute atomic E-state index is 12.5. The predicted octanol–water partition coefficient (Wildman–Crippen LogP) is 2.53. The number of para-hydroxylation sites is 1. The number of aromatic nitrogens is 4. The number of nitrogens with zero attached hydrogens (tertiary/aromatic N) is 5. The highest BCUT2D eigenvalue weighted by Gasteiger charge is 2.17. The second-order valence-corrected chi connectivity index (χ2v) is 7.53. The summed E-state index contributed by atoms with van der Waals surface area (Å²) in [6.07, 6.45) is 0. The Morgan fingerprint density at radius 2 is 2.00 bits per heavy atom. The number of benzene rings is 2. The number of non-ortho nitro benzene ring substituents is 1. The van der Waals surface area contributed by atoms with Crippen LogP contribution in [0.15, 0.2) is 52.4 Å². The Morgan fingerprint density at radius 1 is 1.23 bits per heavy atom. The lowest BCUT2D eigenvalue weighted by molar-refractivity contribution is -0.384. The zero-order valence-corrected chi connectivity index (χ0v) is 16.8. The van der Waals surface area contributed by atoms with Crippen molar-refractivity contribution in [1.82, 2.24) is 19.2 Å². The van der Waals surface area contributed by atoms with Crippen LogP contribution in [0.2, 0.25) is 0 Å². The Kier molecular flexibility index (Phi) is 4.96. The smallest absolute Gasteiger partial charge is 0.271 e. The molecule has 2 aromatic carbocycles. The number of anilines is 1. The molecule has 1 N–H and O–H groups in total. The van der Waals surface area contributed by atoms with E-state index in [9.17, 15) is 19.7 Å². The highest BCUT2D eigenvalue weighted by atomic mass is 32.2. The molecule has 0 aliphatic rings. The molecule has 0 saturated heterocycles. The molecule has 0 bridgehead atoms. The first kappa shape index (κ1) is 19.6. The van der Waals surface area contributed by atoms with Crippen LogP contribution in [-0.2, 0) is 11.8 Å². The third-order valence-electron chi connectivity index (χ3n) is 4.63. The van der Waals surface area contributed by atoms with Crippen LogP contribution < -0.4 is 10.9 Å². The van der Waals surface area contributed by atoms with Gasteiger partial charge < -0.3 is 5.32 Å². The summed E-state index contributed by atoms with van der Waals surface area (Å²) in [6.45, 7) is 1.76. The number of rotatable bonds is 5. The average Bonchev–Trinajstić information content (AvgIpc) is 3.16.